The van der Waals surface area contributed by atoms with Gasteiger partial charge >= 0.3 is 0 Å². The summed E-state index contributed by atoms with van der Waals surface area (Å²) in [5.41, 5.74) is 0.702. The van der Waals surface area contributed by atoms with Crippen molar-refractivity contribution >= 4 is 39.1 Å². The fourth-order valence-electron chi connectivity index (χ4n) is 1.50. The zero-order valence-electron chi connectivity index (χ0n) is 9.52. The highest BCUT2D eigenvalue weighted by molar-refractivity contribution is 9.10. The van der Waals surface area contributed by atoms with E-state index in [1.165, 1.54) is 12.1 Å². The average molecular weight is 343 g/mol. The summed E-state index contributed by atoms with van der Waals surface area (Å²) in [7, 11) is 0. The second kappa shape index (κ2) is 5.50. The Balaban J connectivity index is 2.22. The number of nitrogens with one attached hydrogen (secondary N) is 1. The van der Waals surface area contributed by atoms with Gasteiger partial charge in [-0.15, -0.1) is 0 Å². The molecule has 0 aliphatic rings. The largest absolute Gasteiger partial charge is 0.508 e. The Morgan fingerprint density at radius 1 is 1.11 bits per heavy atom. The van der Waals surface area contributed by atoms with Crippen molar-refractivity contribution in [3.8, 4) is 11.5 Å². The Bertz CT molecular complexity index is 626. The maximum absolute atomic E-state index is 11.9. The van der Waals surface area contributed by atoms with Crippen LogP contribution in [0.1, 0.15) is 10.4 Å². The lowest BCUT2D eigenvalue weighted by molar-refractivity contribution is 0.102. The molecular formula is C13H9BrClNO3. The number of halogens is 2. The average Bonchev–Trinajstić information content (AvgIpc) is 2.32. The highest BCUT2D eigenvalue weighted by Crippen LogP contribution is 2.26. The van der Waals surface area contributed by atoms with Gasteiger partial charge in [0.15, 0.2) is 0 Å². The Hall–Kier alpha value is -1.72. The molecule has 0 spiro atoms. The maximum atomic E-state index is 11.9. The summed E-state index contributed by atoms with van der Waals surface area (Å²) < 4.78 is 0.658. The van der Waals surface area contributed by atoms with E-state index in [0.29, 0.717) is 15.2 Å². The molecule has 2 aromatic carbocycles. The van der Waals surface area contributed by atoms with Gasteiger partial charge in [0.05, 0.1) is 5.02 Å². The maximum Gasteiger partial charge on any atom is 0.255 e. The molecule has 0 radical (unpaired) electrons. The summed E-state index contributed by atoms with van der Waals surface area (Å²) in [6, 6.07) is 8.62. The second-order valence-electron chi connectivity index (χ2n) is 3.82. The van der Waals surface area contributed by atoms with Gasteiger partial charge in [0.2, 0.25) is 0 Å². The topological polar surface area (TPSA) is 69.6 Å². The molecule has 0 aliphatic heterocycles. The van der Waals surface area contributed by atoms with E-state index in [1.807, 2.05) is 0 Å². The number of amides is 1. The molecule has 0 saturated carbocycles. The predicted octanol–water partition coefficient (Wildman–Crippen LogP) is 3.77. The molecule has 0 bridgehead atoms. The van der Waals surface area contributed by atoms with E-state index in [0.717, 1.165) is 6.07 Å². The summed E-state index contributed by atoms with van der Waals surface area (Å²) in [5, 5.41) is 21.8. The highest BCUT2D eigenvalue weighted by Gasteiger charge is 2.09. The lowest BCUT2D eigenvalue weighted by Gasteiger charge is -2.07. The van der Waals surface area contributed by atoms with Crippen LogP contribution in [0.3, 0.4) is 0 Å². The van der Waals surface area contributed by atoms with Crippen LogP contribution >= 0.6 is 27.5 Å². The van der Waals surface area contributed by atoms with Crippen molar-refractivity contribution in [2.45, 2.75) is 0 Å². The molecule has 0 aromatic heterocycles. The van der Waals surface area contributed by atoms with E-state index >= 15 is 0 Å². The van der Waals surface area contributed by atoms with Gasteiger partial charge in [0.25, 0.3) is 5.91 Å². The van der Waals surface area contributed by atoms with Crippen molar-refractivity contribution in [3.05, 3.63) is 51.5 Å². The number of rotatable bonds is 2. The van der Waals surface area contributed by atoms with Gasteiger partial charge in [0.1, 0.15) is 11.5 Å². The molecule has 98 valence electrons. The smallest absolute Gasteiger partial charge is 0.255 e. The lowest BCUT2D eigenvalue weighted by Crippen LogP contribution is -2.11. The number of hydrogen-bond donors (Lipinski definition) is 3. The number of carbonyl (C=O) groups is 1. The van der Waals surface area contributed by atoms with E-state index in [1.54, 1.807) is 18.2 Å². The molecule has 4 nitrogen and oxygen atoms in total. The summed E-state index contributed by atoms with van der Waals surface area (Å²) in [6.07, 6.45) is 0. The number of benzene rings is 2. The molecule has 19 heavy (non-hydrogen) atoms. The van der Waals surface area contributed by atoms with Gasteiger partial charge in [-0.1, -0.05) is 11.6 Å². The molecule has 2 rings (SSSR count). The molecule has 0 fully saturated rings. The highest BCUT2D eigenvalue weighted by atomic mass is 79.9. The number of aromatic hydroxyl groups is 2. The molecule has 0 aliphatic carbocycles. The van der Waals surface area contributed by atoms with Crippen molar-refractivity contribution in [2.75, 3.05) is 5.32 Å². The molecule has 1 amide bonds. The Kier molecular flexibility index (Phi) is 3.97. The predicted molar refractivity (Wildman–Crippen MR) is 76.9 cm³/mol. The van der Waals surface area contributed by atoms with Crippen molar-refractivity contribution in [1.29, 1.82) is 0 Å². The standard InChI is InChI=1S/C13H9BrClNO3/c14-11-5-8(1-2-12(11)15)16-13(19)7-3-9(17)6-10(18)4-7/h1-6,17-18H,(H,16,19). The Labute approximate surface area is 122 Å². The molecule has 0 heterocycles. The zero-order valence-corrected chi connectivity index (χ0v) is 11.9. The van der Waals surface area contributed by atoms with Crippen LogP contribution in [-0.4, -0.2) is 16.1 Å². The molecule has 0 saturated heterocycles. The van der Waals surface area contributed by atoms with E-state index in [-0.39, 0.29) is 17.1 Å². The van der Waals surface area contributed by atoms with Crippen LogP contribution in [0.15, 0.2) is 40.9 Å². The Morgan fingerprint density at radius 3 is 2.32 bits per heavy atom. The Morgan fingerprint density at radius 2 is 1.74 bits per heavy atom. The third kappa shape index (κ3) is 3.39. The van der Waals surface area contributed by atoms with Gasteiger partial charge in [-0.25, -0.2) is 0 Å². The summed E-state index contributed by atoms with van der Waals surface area (Å²) in [4.78, 5) is 11.9. The van der Waals surface area contributed by atoms with E-state index < -0.39 is 5.91 Å². The monoisotopic (exact) mass is 341 g/mol. The van der Waals surface area contributed by atoms with Crippen molar-refractivity contribution in [1.82, 2.24) is 0 Å². The first-order chi connectivity index (χ1) is 8.95. The van der Waals surface area contributed by atoms with Crippen molar-refractivity contribution in [3.63, 3.8) is 0 Å². The van der Waals surface area contributed by atoms with Crippen LogP contribution in [0.4, 0.5) is 5.69 Å². The summed E-state index contributed by atoms with van der Waals surface area (Å²) in [6.45, 7) is 0. The minimum absolute atomic E-state index is 0.156. The first-order valence-electron chi connectivity index (χ1n) is 5.25. The molecule has 0 unspecified atom stereocenters. The molecule has 3 N–H and O–H groups in total. The van der Waals surface area contributed by atoms with E-state index in [4.69, 9.17) is 11.6 Å². The fourth-order valence-corrected chi connectivity index (χ4v) is 2.00. The SMILES string of the molecule is O=C(Nc1ccc(Cl)c(Br)c1)c1cc(O)cc(O)c1. The minimum atomic E-state index is -0.444. The summed E-state index contributed by atoms with van der Waals surface area (Å²) >= 11 is 9.10. The summed E-state index contributed by atoms with van der Waals surface area (Å²) in [5.74, 6) is -0.801. The van der Waals surface area contributed by atoms with Crippen LogP contribution in [0.2, 0.25) is 5.02 Å². The zero-order chi connectivity index (χ0) is 14.0. The third-order valence-electron chi connectivity index (χ3n) is 2.34. The van der Waals surface area contributed by atoms with Crippen molar-refractivity contribution in [2.24, 2.45) is 0 Å². The van der Waals surface area contributed by atoms with Crippen LogP contribution in [0, 0.1) is 0 Å². The molecule has 2 aromatic rings. The number of phenols is 2. The number of hydrogen-bond acceptors (Lipinski definition) is 3. The molecule has 6 heteroatoms. The molecule has 0 atom stereocenters. The van der Waals surface area contributed by atoms with Crippen molar-refractivity contribution < 1.29 is 15.0 Å². The van der Waals surface area contributed by atoms with Gasteiger partial charge < -0.3 is 15.5 Å². The van der Waals surface area contributed by atoms with E-state index in [9.17, 15) is 15.0 Å². The van der Waals surface area contributed by atoms with Gasteiger partial charge in [-0.05, 0) is 46.3 Å². The normalized spacial score (nSPS) is 10.2. The quantitative estimate of drug-likeness (QED) is 0.778. The van der Waals surface area contributed by atoms with Crippen LogP contribution in [0.5, 0.6) is 11.5 Å². The van der Waals surface area contributed by atoms with Gasteiger partial charge in [0, 0.05) is 21.8 Å². The van der Waals surface area contributed by atoms with E-state index in [2.05, 4.69) is 21.2 Å². The second-order valence-corrected chi connectivity index (χ2v) is 5.08. The van der Waals surface area contributed by atoms with Crippen LogP contribution in [-0.2, 0) is 0 Å². The van der Waals surface area contributed by atoms with Crippen LogP contribution in [0.25, 0.3) is 0 Å². The van der Waals surface area contributed by atoms with Gasteiger partial charge in [-0.2, -0.15) is 0 Å². The third-order valence-corrected chi connectivity index (χ3v) is 3.56. The number of phenolic OH excluding ortho intramolecular Hbond substituents is 2. The lowest BCUT2D eigenvalue weighted by atomic mass is 10.2. The first-order valence-corrected chi connectivity index (χ1v) is 6.42. The number of anilines is 1. The van der Waals surface area contributed by atoms with Gasteiger partial charge in [-0.3, -0.25) is 4.79 Å². The first kappa shape index (κ1) is 13.7. The number of carbonyl (C=O) groups excluding carboxylic acids is 1. The molecular weight excluding hydrogens is 334 g/mol. The fraction of sp³-hybridized carbons (Fsp3) is 0. The minimum Gasteiger partial charge on any atom is -0.508 e. The van der Waals surface area contributed by atoms with Crippen LogP contribution < -0.4 is 5.32 Å².